The van der Waals surface area contributed by atoms with Crippen LogP contribution in [0.25, 0.3) is 0 Å². The Kier molecular flexibility index (Phi) is 5.52. The van der Waals surface area contributed by atoms with Crippen LogP contribution >= 0.6 is 31.9 Å². The fourth-order valence-electron chi connectivity index (χ4n) is 1.80. The van der Waals surface area contributed by atoms with Crippen LogP contribution in [0.3, 0.4) is 0 Å². The number of hydrogen-bond donors (Lipinski definition) is 0. The smallest absolute Gasteiger partial charge is 0.0641 e. The fourth-order valence-corrected chi connectivity index (χ4v) is 2.88. The molecular weight excluding hydrogens is 358 g/mol. The van der Waals surface area contributed by atoms with Crippen LogP contribution in [-0.2, 0) is 10.1 Å². The van der Waals surface area contributed by atoms with E-state index in [9.17, 15) is 0 Å². The Hall–Kier alpha value is -0.0600. The largest absolute Gasteiger partial charge is 0.379 e. The van der Waals surface area contributed by atoms with Crippen molar-refractivity contribution in [1.82, 2.24) is 0 Å². The van der Waals surface area contributed by atoms with Gasteiger partial charge >= 0.3 is 0 Å². The minimum absolute atomic E-state index is 0.805. The van der Waals surface area contributed by atoms with Crippen molar-refractivity contribution in [1.29, 1.82) is 0 Å². The van der Waals surface area contributed by atoms with Crippen LogP contribution in [0.4, 0.5) is 5.69 Å². The monoisotopic (exact) mass is 375 g/mol. The van der Waals surface area contributed by atoms with E-state index in [0.717, 1.165) is 35.5 Å². The van der Waals surface area contributed by atoms with E-state index < -0.39 is 0 Å². The van der Waals surface area contributed by atoms with Crippen molar-refractivity contribution in [2.75, 3.05) is 31.7 Å². The molecule has 0 atom stereocenters. The first-order chi connectivity index (χ1) is 8.70. The van der Waals surface area contributed by atoms with E-state index in [1.807, 2.05) is 0 Å². The molecule has 1 aliphatic carbocycles. The van der Waals surface area contributed by atoms with Gasteiger partial charge in [0.25, 0.3) is 0 Å². The van der Waals surface area contributed by atoms with E-state index in [1.165, 1.54) is 24.1 Å². The van der Waals surface area contributed by atoms with Gasteiger partial charge in [-0.2, -0.15) is 0 Å². The SMILES string of the molecule is CN(CCOCC1CC1)c1ccc(CBr)cc1Br. The van der Waals surface area contributed by atoms with Crippen LogP contribution in [0.2, 0.25) is 0 Å². The maximum Gasteiger partial charge on any atom is 0.0641 e. The average molecular weight is 377 g/mol. The van der Waals surface area contributed by atoms with Crippen molar-refractivity contribution in [2.45, 2.75) is 18.2 Å². The summed E-state index contributed by atoms with van der Waals surface area (Å²) in [5.41, 5.74) is 2.50. The molecule has 0 spiro atoms. The fraction of sp³-hybridized carbons (Fsp3) is 0.571. The highest BCUT2D eigenvalue weighted by molar-refractivity contribution is 9.10. The van der Waals surface area contributed by atoms with Crippen molar-refractivity contribution < 1.29 is 4.74 Å². The number of alkyl halides is 1. The van der Waals surface area contributed by atoms with Crippen molar-refractivity contribution in [3.63, 3.8) is 0 Å². The van der Waals surface area contributed by atoms with Gasteiger partial charge in [-0.3, -0.25) is 0 Å². The number of anilines is 1. The van der Waals surface area contributed by atoms with E-state index in [2.05, 4.69) is 62.0 Å². The number of likely N-dealkylation sites (N-methyl/N-ethyl adjacent to an activating group) is 1. The molecule has 1 aliphatic rings. The summed E-state index contributed by atoms with van der Waals surface area (Å²) in [6.07, 6.45) is 2.71. The van der Waals surface area contributed by atoms with Crippen LogP contribution < -0.4 is 4.90 Å². The summed E-state index contributed by atoms with van der Waals surface area (Å²) in [6.45, 7) is 2.68. The van der Waals surface area contributed by atoms with Gasteiger partial charge in [0.15, 0.2) is 0 Å². The summed E-state index contributed by atoms with van der Waals surface area (Å²) in [6, 6.07) is 6.46. The van der Waals surface area contributed by atoms with Crippen molar-refractivity contribution in [3.8, 4) is 0 Å². The second kappa shape index (κ2) is 6.92. The van der Waals surface area contributed by atoms with E-state index in [0.29, 0.717) is 0 Å². The molecule has 1 saturated carbocycles. The third kappa shape index (κ3) is 4.25. The third-order valence-electron chi connectivity index (χ3n) is 3.20. The first-order valence-corrected chi connectivity index (χ1v) is 8.25. The van der Waals surface area contributed by atoms with Gasteiger partial charge in [0.2, 0.25) is 0 Å². The maximum absolute atomic E-state index is 5.67. The van der Waals surface area contributed by atoms with E-state index in [-0.39, 0.29) is 0 Å². The predicted octanol–water partition coefficient (Wildman–Crippen LogP) is 4.21. The number of hydrogen-bond acceptors (Lipinski definition) is 2. The van der Waals surface area contributed by atoms with Crippen LogP contribution in [0, 0.1) is 5.92 Å². The van der Waals surface area contributed by atoms with Crippen LogP contribution in [-0.4, -0.2) is 26.8 Å². The highest BCUT2D eigenvalue weighted by Gasteiger charge is 2.21. The number of benzene rings is 1. The quantitative estimate of drug-likeness (QED) is 0.522. The van der Waals surface area contributed by atoms with Crippen LogP contribution in [0.1, 0.15) is 18.4 Å². The molecule has 0 bridgehead atoms. The van der Waals surface area contributed by atoms with Crippen molar-refractivity contribution in [3.05, 3.63) is 28.2 Å². The second-order valence-electron chi connectivity index (χ2n) is 4.86. The Morgan fingerprint density at radius 1 is 1.39 bits per heavy atom. The summed E-state index contributed by atoms with van der Waals surface area (Å²) in [5.74, 6) is 0.847. The Balaban J connectivity index is 1.81. The van der Waals surface area contributed by atoms with Crippen LogP contribution in [0.15, 0.2) is 22.7 Å². The van der Waals surface area contributed by atoms with Crippen molar-refractivity contribution in [2.24, 2.45) is 5.92 Å². The molecule has 0 unspecified atom stereocenters. The Morgan fingerprint density at radius 2 is 2.17 bits per heavy atom. The molecule has 0 heterocycles. The van der Waals surface area contributed by atoms with Crippen LogP contribution in [0.5, 0.6) is 0 Å². The summed E-state index contributed by atoms with van der Waals surface area (Å²) in [5, 5.41) is 0.889. The predicted molar refractivity (Wildman–Crippen MR) is 83.6 cm³/mol. The molecule has 18 heavy (non-hydrogen) atoms. The Morgan fingerprint density at radius 3 is 2.78 bits per heavy atom. The second-order valence-corrected chi connectivity index (χ2v) is 6.27. The zero-order valence-corrected chi connectivity index (χ0v) is 13.8. The normalized spacial score (nSPS) is 14.8. The standard InChI is InChI=1S/C14H19Br2NO/c1-17(6-7-18-10-11-2-3-11)14-5-4-12(9-15)8-13(14)16/h4-5,8,11H,2-3,6-7,9-10H2,1H3. The molecule has 1 aromatic rings. The first kappa shape index (κ1) is 14.4. The molecule has 0 aliphatic heterocycles. The highest BCUT2D eigenvalue weighted by Crippen LogP contribution is 2.29. The first-order valence-electron chi connectivity index (χ1n) is 6.34. The number of ether oxygens (including phenoxy) is 1. The molecule has 0 amide bonds. The number of rotatable bonds is 7. The summed E-state index contributed by atoms with van der Waals surface area (Å²) >= 11 is 7.10. The highest BCUT2D eigenvalue weighted by atomic mass is 79.9. The molecule has 1 fully saturated rings. The third-order valence-corrected chi connectivity index (χ3v) is 4.48. The number of nitrogens with zero attached hydrogens (tertiary/aromatic N) is 1. The average Bonchev–Trinajstić information content (AvgIpc) is 3.18. The summed E-state index contributed by atoms with van der Waals surface area (Å²) in [7, 11) is 2.11. The molecule has 1 aromatic carbocycles. The van der Waals surface area contributed by atoms with Gasteiger partial charge in [-0.05, 0) is 52.4 Å². The molecule has 2 rings (SSSR count). The molecule has 0 saturated heterocycles. The van der Waals surface area contributed by atoms with Gasteiger partial charge in [0, 0.05) is 30.0 Å². The molecule has 0 radical (unpaired) electrons. The van der Waals surface area contributed by atoms with Gasteiger partial charge in [0.05, 0.1) is 12.3 Å². The van der Waals surface area contributed by atoms with Gasteiger partial charge in [-0.1, -0.05) is 22.0 Å². The van der Waals surface area contributed by atoms with E-state index in [4.69, 9.17) is 4.74 Å². The topological polar surface area (TPSA) is 12.5 Å². The zero-order valence-electron chi connectivity index (χ0n) is 10.7. The van der Waals surface area contributed by atoms with Gasteiger partial charge < -0.3 is 9.64 Å². The lowest BCUT2D eigenvalue weighted by atomic mass is 10.2. The Labute approximate surface area is 126 Å². The molecule has 2 nitrogen and oxygen atoms in total. The molecule has 0 aromatic heterocycles. The molecule has 4 heteroatoms. The molecular formula is C14H19Br2NO. The summed E-state index contributed by atoms with van der Waals surface area (Å²) in [4.78, 5) is 2.23. The molecule has 0 N–H and O–H groups in total. The number of halogens is 2. The van der Waals surface area contributed by atoms with Gasteiger partial charge in [-0.15, -0.1) is 0 Å². The maximum atomic E-state index is 5.67. The van der Waals surface area contributed by atoms with E-state index in [1.54, 1.807) is 0 Å². The lowest BCUT2D eigenvalue weighted by Crippen LogP contribution is -2.23. The minimum atomic E-state index is 0.805. The van der Waals surface area contributed by atoms with Gasteiger partial charge in [-0.25, -0.2) is 0 Å². The van der Waals surface area contributed by atoms with Crippen molar-refractivity contribution >= 4 is 37.5 Å². The Bertz CT molecular complexity index is 393. The van der Waals surface area contributed by atoms with E-state index >= 15 is 0 Å². The lowest BCUT2D eigenvalue weighted by molar-refractivity contribution is 0.131. The lowest BCUT2D eigenvalue weighted by Gasteiger charge is -2.21. The van der Waals surface area contributed by atoms with Gasteiger partial charge in [0.1, 0.15) is 0 Å². The zero-order chi connectivity index (χ0) is 13.0. The summed E-state index contributed by atoms with van der Waals surface area (Å²) < 4.78 is 6.81. The molecule has 100 valence electrons. The minimum Gasteiger partial charge on any atom is -0.379 e.